The Morgan fingerprint density at radius 3 is 2.93 bits per heavy atom. The van der Waals surface area contributed by atoms with Crippen LogP contribution in [0.2, 0.25) is 0 Å². The molecule has 6 heteroatoms. The first-order valence-corrected chi connectivity index (χ1v) is 5.51. The Morgan fingerprint density at radius 1 is 1.47 bits per heavy atom. The molecule has 1 aromatic carbocycles. The zero-order valence-corrected chi connectivity index (χ0v) is 10.1. The van der Waals surface area contributed by atoms with Crippen LogP contribution in [0.3, 0.4) is 0 Å². The first-order chi connectivity index (χ1) is 7.15. The number of nitrogens with two attached hydrogens (primary N) is 1. The molecule has 1 heterocycles. The van der Waals surface area contributed by atoms with Gasteiger partial charge in [-0.3, -0.25) is 0 Å². The number of aliphatic imine (C=N–C) groups is 1. The maximum absolute atomic E-state index is 5.59. The molecule has 0 bridgehead atoms. The van der Waals surface area contributed by atoms with Crippen LogP contribution in [-0.2, 0) is 0 Å². The average molecular weight is 285 g/mol. The molecule has 2 rings (SSSR count). The monoisotopic (exact) mass is 284 g/mol. The van der Waals surface area contributed by atoms with Crippen LogP contribution in [0, 0.1) is 0 Å². The maximum Gasteiger partial charge on any atom is 0.197 e. The van der Waals surface area contributed by atoms with Gasteiger partial charge in [0.25, 0.3) is 0 Å². The highest BCUT2D eigenvalue weighted by Crippen LogP contribution is 2.20. The van der Waals surface area contributed by atoms with Gasteiger partial charge in [0.2, 0.25) is 0 Å². The Kier molecular flexibility index (Phi) is 2.88. The summed E-state index contributed by atoms with van der Waals surface area (Å²) in [6.45, 7) is 0. The van der Waals surface area contributed by atoms with Gasteiger partial charge >= 0.3 is 0 Å². The summed E-state index contributed by atoms with van der Waals surface area (Å²) in [4.78, 5) is 4.21. The van der Waals surface area contributed by atoms with Crippen molar-refractivity contribution < 1.29 is 0 Å². The molecule has 0 radical (unpaired) electrons. The predicted octanol–water partition coefficient (Wildman–Crippen LogP) is 1.24. The van der Waals surface area contributed by atoms with Gasteiger partial charge in [-0.1, -0.05) is 28.1 Å². The van der Waals surface area contributed by atoms with E-state index in [2.05, 4.69) is 31.6 Å². The number of halogens is 1. The van der Waals surface area contributed by atoms with E-state index in [0.717, 1.165) is 10.0 Å². The van der Waals surface area contributed by atoms with Crippen molar-refractivity contribution in [2.75, 3.05) is 0 Å². The minimum Gasteiger partial charge on any atom is -0.370 e. The molecule has 1 aliphatic rings. The van der Waals surface area contributed by atoms with Crippen molar-refractivity contribution in [3.05, 3.63) is 34.3 Å². The number of rotatable bonds is 1. The second-order valence-corrected chi connectivity index (χ2v) is 4.39. The number of nitrogens with one attached hydrogen (secondary N) is 2. The van der Waals surface area contributed by atoms with Crippen LogP contribution in [0.15, 0.2) is 33.7 Å². The second-order valence-electron chi connectivity index (χ2n) is 3.07. The fourth-order valence-electron chi connectivity index (χ4n) is 1.31. The van der Waals surface area contributed by atoms with E-state index >= 15 is 0 Å². The summed E-state index contributed by atoms with van der Waals surface area (Å²) < 4.78 is 1.00. The van der Waals surface area contributed by atoms with Crippen molar-refractivity contribution in [2.45, 2.75) is 6.17 Å². The van der Waals surface area contributed by atoms with E-state index in [9.17, 15) is 0 Å². The maximum atomic E-state index is 5.59. The second kappa shape index (κ2) is 4.16. The summed E-state index contributed by atoms with van der Waals surface area (Å²) in [5.74, 6) is 0.337. The summed E-state index contributed by atoms with van der Waals surface area (Å²) in [6.07, 6.45) is -0.212. The molecule has 78 valence electrons. The Labute approximate surface area is 101 Å². The molecular weight excluding hydrogens is 276 g/mol. The highest BCUT2D eigenvalue weighted by molar-refractivity contribution is 9.10. The lowest BCUT2D eigenvalue weighted by molar-refractivity contribution is 0.660. The fraction of sp³-hybridized carbons (Fsp3) is 0.111. The van der Waals surface area contributed by atoms with Gasteiger partial charge in [-0.25, -0.2) is 4.99 Å². The molecule has 4 N–H and O–H groups in total. The average Bonchev–Trinajstić information content (AvgIpc) is 2.16. The number of thiocarbonyl (C=S) groups is 1. The lowest BCUT2D eigenvalue weighted by Crippen LogP contribution is -2.49. The molecule has 0 saturated carbocycles. The zero-order valence-electron chi connectivity index (χ0n) is 7.70. The first kappa shape index (κ1) is 10.4. The van der Waals surface area contributed by atoms with Crippen LogP contribution in [0.1, 0.15) is 11.7 Å². The lowest BCUT2D eigenvalue weighted by atomic mass is 10.2. The van der Waals surface area contributed by atoms with Crippen molar-refractivity contribution in [2.24, 2.45) is 10.7 Å². The summed E-state index contributed by atoms with van der Waals surface area (Å²) in [7, 11) is 0. The van der Waals surface area contributed by atoms with Crippen molar-refractivity contribution >= 4 is 39.2 Å². The highest BCUT2D eigenvalue weighted by Gasteiger charge is 2.16. The molecule has 0 aromatic heterocycles. The molecule has 1 aliphatic heterocycles. The van der Waals surface area contributed by atoms with E-state index in [1.807, 2.05) is 24.3 Å². The third kappa shape index (κ3) is 2.45. The highest BCUT2D eigenvalue weighted by atomic mass is 79.9. The van der Waals surface area contributed by atoms with Gasteiger partial charge < -0.3 is 16.4 Å². The summed E-state index contributed by atoms with van der Waals surface area (Å²) in [5.41, 5.74) is 6.60. The van der Waals surface area contributed by atoms with Gasteiger partial charge in [-0.15, -0.1) is 0 Å². The number of hydrogen-bond donors (Lipinski definition) is 3. The van der Waals surface area contributed by atoms with E-state index in [0.29, 0.717) is 11.1 Å². The standard InChI is InChI=1S/C9H9BrN4S/c10-6-3-1-2-5(4-6)7-12-8(11)14-9(15)13-7/h1-4,7H,(H4,11,12,13,14,15)/t7-/m1/s1. The van der Waals surface area contributed by atoms with E-state index in [1.165, 1.54) is 0 Å². The lowest BCUT2D eigenvalue weighted by Gasteiger charge is -2.23. The van der Waals surface area contributed by atoms with Gasteiger partial charge in [-0.2, -0.15) is 0 Å². The van der Waals surface area contributed by atoms with Crippen LogP contribution in [0.5, 0.6) is 0 Å². The molecule has 0 aliphatic carbocycles. The quantitative estimate of drug-likeness (QED) is 0.679. The molecule has 0 unspecified atom stereocenters. The zero-order chi connectivity index (χ0) is 10.8. The molecule has 1 aromatic rings. The Morgan fingerprint density at radius 2 is 2.27 bits per heavy atom. The minimum atomic E-state index is -0.212. The van der Waals surface area contributed by atoms with Gasteiger partial charge in [0.05, 0.1) is 0 Å². The smallest absolute Gasteiger partial charge is 0.197 e. The van der Waals surface area contributed by atoms with E-state index in [4.69, 9.17) is 18.0 Å². The summed E-state index contributed by atoms with van der Waals surface area (Å²) in [6, 6.07) is 7.84. The van der Waals surface area contributed by atoms with Crippen LogP contribution in [-0.4, -0.2) is 11.1 Å². The molecule has 4 nitrogen and oxygen atoms in total. The van der Waals surface area contributed by atoms with Crippen molar-refractivity contribution in [1.82, 2.24) is 10.6 Å². The first-order valence-electron chi connectivity index (χ1n) is 4.31. The van der Waals surface area contributed by atoms with Crippen LogP contribution in [0.25, 0.3) is 0 Å². The largest absolute Gasteiger partial charge is 0.370 e. The Balaban J connectivity index is 2.31. The van der Waals surface area contributed by atoms with Crippen LogP contribution in [0.4, 0.5) is 0 Å². The van der Waals surface area contributed by atoms with Crippen molar-refractivity contribution in [3.63, 3.8) is 0 Å². The molecular formula is C9H9BrN4S. The number of benzene rings is 1. The normalized spacial score (nSPS) is 20.2. The predicted molar refractivity (Wildman–Crippen MR) is 67.4 cm³/mol. The molecule has 0 saturated heterocycles. The van der Waals surface area contributed by atoms with Gasteiger partial charge in [-0.05, 0) is 29.9 Å². The number of nitrogens with zero attached hydrogens (tertiary/aromatic N) is 1. The van der Waals surface area contributed by atoms with E-state index in [1.54, 1.807) is 0 Å². The van der Waals surface area contributed by atoms with Gasteiger partial charge in [0.1, 0.15) is 6.17 Å². The molecule has 15 heavy (non-hydrogen) atoms. The fourth-order valence-corrected chi connectivity index (χ4v) is 1.95. The molecule has 0 fully saturated rings. The summed E-state index contributed by atoms with van der Waals surface area (Å²) in [5, 5.41) is 6.25. The van der Waals surface area contributed by atoms with Crippen molar-refractivity contribution in [3.8, 4) is 0 Å². The Hall–Kier alpha value is -1.14. The number of guanidine groups is 1. The topological polar surface area (TPSA) is 62.4 Å². The van der Waals surface area contributed by atoms with Crippen LogP contribution < -0.4 is 16.4 Å². The van der Waals surface area contributed by atoms with Gasteiger partial charge in [0.15, 0.2) is 11.1 Å². The molecule has 1 atom stereocenters. The van der Waals surface area contributed by atoms with Crippen molar-refractivity contribution in [1.29, 1.82) is 0 Å². The summed E-state index contributed by atoms with van der Waals surface area (Å²) >= 11 is 8.40. The van der Waals surface area contributed by atoms with E-state index < -0.39 is 0 Å². The van der Waals surface area contributed by atoms with Crippen LogP contribution >= 0.6 is 28.1 Å². The van der Waals surface area contributed by atoms with Gasteiger partial charge in [0, 0.05) is 4.47 Å². The van der Waals surface area contributed by atoms with E-state index in [-0.39, 0.29) is 6.17 Å². The third-order valence-electron chi connectivity index (χ3n) is 1.94. The SMILES string of the molecule is NC1=N[C@@H](c2cccc(Br)c2)NC(=S)N1. The minimum absolute atomic E-state index is 0.212. The Bertz CT molecular complexity index is 432. The number of hydrogen-bond acceptors (Lipinski definition) is 3. The molecule has 0 amide bonds. The molecule has 0 spiro atoms. The third-order valence-corrected chi connectivity index (χ3v) is 2.66.